The minimum atomic E-state index is -2.98. The quantitative estimate of drug-likeness (QED) is 0.510. The van der Waals surface area contributed by atoms with Crippen LogP contribution in [-0.2, 0) is 6.54 Å². The van der Waals surface area contributed by atoms with Crippen LogP contribution in [0.1, 0.15) is 15.2 Å². The van der Waals surface area contributed by atoms with E-state index < -0.39 is 6.61 Å². The lowest BCUT2D eigenvalue weighted by atomic mass is 10.2. The second-order valence-corrected chi connectivity index (χ2v) is 7.28. The van der Waals surface area contributed by atoms with Gasteiger partial charge in [0.2, 0.25) is 0 Å². The van der Waals surface area contributed by atoms with Crippen LogP contribution in [0.2, 0.25) is 0 Å². The zero-order chi connectivity index (χ0) is 21.0. The Morgan fingerprint density at radius 2 is 1.79 bits per heavy atom. The zero-order valence-electron chi connectivity index (χ0n) is 15.7. The average Bonchev–Trinajstić information content (AvgIpc) is 3.18. The molecule has 2 aromatic carbocycles. The summed E-state index contributed by atoms with van der Waals surface area (Å²) in [6.45, 7) is -2.78. The van der Waals surface area contributed by atoms with Crippen LogP contribution in [0.4, 0.5) is 13.2 Å². The predicted molar refractivity (Wildman–Crippen MR) is 105 cm³/mol. The molecule has 0 saturated carbocycles. The topological polar surface area (TPSA) is 38.8 Å². The Bertz CT molecular complexity index is 989. The summed E-state index contributed by atoms with van der Waals surface area (Å²) in [6, 6.07) is 14.2. The zero-order valence-corrected chi connectivity index (χ0v) is 16.5. The first kappa shape index (κ1) is 20.7. The van der Waals surface area contributed by atoms with Gasteiger partial charge in [0.15, 0.2) is 11.5 Å². The van der Waals surface area contributed by atoms with Gasteiger partial charge in [-0.05, 0) is 47.5 Å². The minimum absolute atomic E-state index is 0.0874. The molecule has 1 heterocycles. The number of thiophene rings is 1. The van der Waals surface area contributed by atoms with Crippen molar-refractivity contribution in [1.82, 2.24) is 4.90 Å². The van der Waals surface area contributed by atoms with Gasteiger partial charge in [-0.1, -0.05) is 18.2 Å². The molecule has 0 aliphatic carbocycles. The van der Waals surface area contributed by atoms with E-state index >= 15 is 0 Å². The number of hydrogen-bond acceptors (Lipinski definition) is 4. The summed E-state index contributed by atoms with van der Waals surface area (Å²) in [5.41, 5.74) is 1.44. The monoisotopic (exact) mass is 421 g/mol. The first-order valence-electron chi connectivity index (χ1n) is 8.60. The van der Waals surface area contributed by atoms with Crippen molar-refractivity contribution in [2.75, 3.05) is 14.2 Å². The molecule has 0 saturated heterocycles. The van der Waals surface area contributed by atoms with Crippen molar-refractivity contribution in [2.24, 2.45) is 0 Å². The maximum Gasteiger partial charge on any atom is 0.387 e. The molecule has 0 N–H and O–H groups in total. The molecule has 1 amide bonds. The van der Waals surface area contributed by atoms with Crippen molar-refractivity contribution in [1.29, 1.82) is 0 Å². The largest absolute Gasteiger partial charge is 0.493 e. The number of alkyl halides is 2. The summed E-state index contributed by atoms with van der Waals surface area (Å²) < 4.78 is 47.7. The second kappa shape index (κ2) is 9.00. The summed E-state index contributed by atoms with van der Waals surface area (Å²) in [5.74, 6) is -0.438. The van der Waals surface area contributed by atoms with Gasteiger partial charge in [-0.3, -0.25) is 4.79 Å². The summed E-state index contributed by atoms with van der Waals surface area (Å²) in [7, 11) is 2.98. The smallest absolute Gasteiger partial charge is 0.387 e. The van der Waals surface area contributed by atoms with Crippen LogP contribution in [0.3, 0.4) is 0 Å². The number of rotatable bonds is 7. The minimum Gasteiger partial charge on any atom is -0.493 e. The Morgan fingerprint density at radius 3 is 2.45 bits per heavy atom. The third kappa shape index (κ3) is 5.08. The summed E-state index contributed by atoms with van der Waals surface area (Å²) >= 11 is 1.30. The molecule has 0 fully saturated rings. The second-order valence-electron chi connectivity index (χ2n) is 6.20. The van der Waals surface area contributed by atoms with Crippen LogP contribution >= 0.6 is 11.3 Å². The van der Waals surface area contributed by atoms with Crippen molar-refractivity contribution in [3.63, 3.8) is 0 Å². The number of carbonyl (C=O) groups excluding carboxylic acids is 1. The molecule has 0 atom stereocenters. The van der Waals surface area contributed by atoms with Crippen molar-refractivity contribution in [3.8, 4) is 21.9 Å². The molecule has 3 aromatic rings. The molecule has 29 heavy (non-hydrogen) atoms. The number of benzene rings is 2. The molecule has 3 rings (SSSR count). The number of carbonyl (C=O) groups is 1. The van der Waals surface area contributed by atoms with Crippen LogP contribution in [0.25, 0.3) is 10.4 Å². The molecule has 4 nitrogen and oxygen atoms in total. The molecule has 0 spiro atoms. The standard InChI is InChI=1S/C21H18F3NO3S/c1-25(12-13-3-8-16(27-2)17(11-13)28-21(23)24)20(26)19-10-9-18(29-19)14-4-6-15(22)7-5-14/h3-11,21H,12H2,1-2H3. The lowest BCUT2D eigenvalue weighted by Crippen LogP contribution is -2.25. The Hall–Kier alpha value is -3.00. The molecule has 0 bridgehead atoms. The summed E-state index contributed by atoms with van der Waals surface area (Å²) in [4.78, 5) is 15.6. The fourth-order valence-electron chi connectivity index (χ4n) is 2.76. The van der Waals surface area contributed by atoms with E-state index in [9.17, 15) is 18.0 Å². The van der Waals surface area contributed by atoms with Crippen LogP contribution in [-0.4, -0.2) is 31.6 Å². The van der Waals surface area contributed by atoms with E-state index in [1.807, 2.05) is 0 Å². The van der Waals surface area contributed by atoms with Gasteiger partial charge in [-0.25, -0.2) is 4.39 Å². The number of ether oxygens (including phenoxy) is 2. The van der Waals surface area contributed by atoms with Crippen molar-refractivity contribution in [2.45, 2.75) is 13.2 Å². The third-order valence-electron chi connectivity index (χ3n) is 4.16. The van der Waals surface area contributed by atoms with E-state index in [1.165, 1.54) is 47.6 Å². The van der Waals surface area contributed by atoms with Crippen molar-refractivity contribution >= 4 is 17.2 Å². The van der Waals surface area contributed by atoms with Gasteiger partial charge in [0.25, 0.3) is 5.91 Å². The van der Waals surface area contributed by atoms with Gasteiger partial charge in [0.1, 0.15) is 5.82 Å². The number of hydrogen-bond donors (Lipinski definition) is 0. The van der Waals surface area contributed by atoms with Crippen LogP contribution < -0.4 is 9.47 Å². The van der Waals surface area contributed by atoms with Gasteiger partial charge in [0, 0.05) is 18.5 Å². The van der Waals surface area contributed by atoms with E-state index in [0.717, 1.165) is 10.4 Å². The van der Waals surface area contributed by atoms with Crippen molar-refractivity contribution < 1.29 is 27.4 Å². The van der Waals surface area contributed by atoms with Gasteiger partial charge in [0.05, 0.1) is 12.0 Å². The molecule has 152 valence electrons. The first-order chi connectivity index (χ1) is 13.9. The fraction of sp³-hybridized carbons (Fsp3) is 0.190. The SMILES string of the molecule is COc1ccc(CN(C)C(=O)c2ccc(-c3ccc(F)cc3)s2)cc1OC(F)F. The third-order valence-corrected chi connectivity index (χ3v) is 5.28. The molecular weight excluding hydrogens is 403 g/mol. The molecule has 0 unspecified atom stereocenters. The lowest BCUT2D eigenvalue weighted by molar-refractivity contribution is -0.0512. The predicted octanol–water partition coefficient (Wildman–Crippen LogP) is 5.44. The molecule has 8 heteroatoms. The molecule has 0 radical (unpaired) electrons. The molecule has 1 aromatic heterocycles. The van der Waals surface area contributed by atoms with Crippen LogP contribution in [0, 0.1) is 5.82 Å². The van der Waals surface area contributed by atoms with Crippen LogP contribution in [0.15, 0.2) is 54.6 Å². The Labute approximate surface area is 170 Å². The highest BCUT2D eigenvalue weighted by Crippen LogP contribution is 2.31. The fourth-order valence-corrected chi connectivity index (χ4v) is 3.77. The van der Waals surface area contributed by atoms with Gasteiger partial charge < -0.3 is 14.4 Å². The normalized spacial score (nSPS) is 10.8. The van der Waals surface area contributed by atoms with Gasteiger partial charge >= 0.3 is 6.61 Å². The lowest BCUT2D eigenvalue weighted by Gasteiger charge is -2.18. The number of methoxy groups -OCH3 is 1. The number of nitrogens with zero attached hydrogens (tertiary/aromatic N) is 1. The highest BCUT2D eigenvalue weighted by atomic mass is 32.1. The molecule has 0 aliphatic heterocycles. The first-order valence-corrected chi connectivity index (χ1v) is 9.42. The average molecular weight is 421 g/mol. The van der Waals surface area contributed by atoms with E-state index in [4.69, 9.17) is 4.74 Å². The number of amides is 1. The Balaban J connectivity index is 1.73. The van der Waals surface area contributed by atoms with E-state index in [1.54, 1.807) is 37.4 Å². The van der Waals surface area contributed by atoms with E-state index in [0.29, 0.717) is 10.4 Å². The van der Waals surface area contributed by atoms with Crippen LogP contribution in [0.5, 0.6) is 11.5 Å². The highest BCUT2D eigenvalue weighted by molar-refractivity contribution is 7.17. The Kier molecular flexibility index (Phi) is 6.43. The molecular formula is C21H18F3NO3S. The maximum atomic E-state index is 13.1. The van der Waals surface area contributed by atoms with E-state index in [-0.39, 0.29) is 29.8 Å². The maximum absolute atomic E-state index is 13.1. The summed E-state index contributed by atoms with van der Waals surface area (Å²) in [5, 5.41) is 0. The summed E-state index contributed by atoms with van der Waals surface area (Å²) in [6.07, 6.45) is 0. The van der Waals surface area contributed by atoms with Gasteiger partial charge in [-0.15, -0.1) is 11.3 Å². The number of halogens is 3. The molecule has 0 aliphatic rings. The van der Waals surface area contributed by atoms with Crippen molar-refractivity contribution in [3.05, 3.63) is 70.9 Å². The highest BCUT2D eigenvalue weighted by Gasteiger charge is 2.17. The Morgan fingerprint density at radius 1 is 1.07 bits per heavy atom. The van der Waals surface area contributed by atoms with Gasteiger partial charge in [-0.2, -0.15) is 8.78 Å². The van der Waals surface area contributed by atoms with E-state index in [2.05, 4.69) is 4.74 Å².